The van der Waals surface area contributed by atoms with Gasteiger partial charge in [-0.3, -0.25) is 13.9 Å². The number of nitrogens with one attached hydrogen (secondary N) is 2. The zero-order valence-electron chi connectivity index (χ0n) is 22.2. The molecular weight excluding hydrogens is 520 g/mol. The van der Waals surface area contributed by atoms with E-state index in [1.165, 1.54) is 25.5 Å². The van der Waals surface area contributed by atoms with Crippen molar-refractivity contribution in [1.29, 1.82) is 0 Å². The predicted octanol–water partition coefficient (Wildman–Crippen LogP) is 3.25. The number of hydrogen-bond donors (Lipinski definition) is 2. The molecular formula is C28H32N4O6S. The topological polar surface area (TPSA) is 126 Å². The third-order valence-electron chi connectivity index (χ3n) is 5.36. The molecule has 0 saturated heterocycles. The molecule has 0 unspecified atom stereocenters. The molecule has 0 aliphatic carbocycles. The number of amides is 2. The molecule has 0 aliphatic heterocycles. The van der Waals surface area contributed by atoms with E-state index in [1.54, 1.807) is 60.7 Å². The summed E-state index contributed by atoms with van der Waals surface area (Å²) in [5.41, 5.74) is 4.33. The molecule has 0 saturated carbocycles. The summed E-state index contributed by atoms with van der Waals surface area (Å²) in [6.07, 6.45) is 1.42. The summed E-state index contributed by atoms with van der Waals surface area (Å²) in [6, 6.07) is 19.5. The lowest BCUT2D eigenvalue weighted by molar-refractivity contribution is -0.123. The highest BCUT2D eigenvalue weighted by atomic mass is 32.2. The summed E-state index contributed by atoms with van der Waals surface area (Å²) in [6.45, 7) is 5.03. The van der Waals surface area contributed by atoms with Crippen LogP contribution in [0, 0.1) is 6.92 Å². The van der Waals surface area contributed by atoms with Crippen molar-refractivity contribution >= 4 is 33.7 Å². The first-order chi connectivity index (χ1) is 18.6. The van der Waals surface area contributed by atoms with Gasteiger partial charge in [-0.25, -0.2) is 13.8 Å². The molecule has 2 N–H and O–H groups in total. The van der Waals surface area contributed by atoms with Crippen LogP contribution in [0.5, 0.6) is 11.5 Å². The van der Waals surface area contributed by atoms with Crippen molar-refractivity contribution in [3.63, 3.8) is 0 Å². The fraction of sp³-hybridized carbons (Fsp3) is 0.250. The summed E-state index contributed by atoms with van der Waals surface area (Å²) in [5, 5.41) is 6.69. The molecule has 0 atom stereocenters. The second-order valence-electron chi connectivity index (χ2n) is 8.90. The second kappa shape index (κ2) is 13.4. The van der Waals surface area contributed by atoms with Gasteiger partial charge in [-0.05, 0) is 87.0 Å². The summed E-state index contributed by atoms with van der Waals surface area (Å²) < 4.78 is 38.5. The number of methoxy groups -OCH3 is 1. The summed E-state index contributed by atoms with van der Waals surface area (Å²) in [4.78, 5) is 24.5. The molecule has 206 valence electrons. The quantitative estimate of drug-likeness (QED) is 0.262. The SMILES string of the molecule is COc1ccc(S(=O)(=O)N(CC(=O)N/N=C\c2ccc(OCC(=O)NC(C)C)cc2)c2ccc(C)cc2)cc1. The number of ether oxygens (including phenoxy) is 2. The zero-order valence-corrected chi connectivity index (χ0v) is 23.1. The lowest BCUT2D eigenvalue weighted by Gasteiger charge is -2.24. The monoisotopic (exact) mass is 552 g/mol. The van der Waals surface area contributed by atoms with Crippen molar-refractivity contribution in [3.05, 3.63) is 83.9 Å². The summed E-state index contributed by atoms with van der Waals surface area (Å²) >= 11 is 0. The van der Waals surface area contributed by atoms with Crippen molar-refractivity contribution in [2.75, 3.05) is 24.6 Å². The van der Waals surface area contributed by atoms with Crippen LogP contribution in [0.1, 0.15) is 25.0 Å². The van der Waals surface area contributed by atoms with Crippen LogP contribution in [-0.2, 0) is 19.6 Å². The number of carbonyl (C=O) groups is 2. The Morgan fingerprint density at radius 2 is 1.54 bits per heavy atom. The first kappa shape index (κ1) is 29.2. The minimum absolute atomic E-state index is 0.0178. The minimum Gasteiger partial charge on any atom is -0.497 e. The lowest BCUT2D eigenvalue weighted by Crippen LogP contribution is -2.39. The molecule has 0 bridgehead atoms. The van der Waals surface area contributed by atoms with Gasteiger partial charge in [0.25, 0.3) is 21.8 Å². The Balaban J connectivity index is 1.67. The Hall–Kier alpha value is -4.38. The van der Waals surface area contributed by atoms with Gasteiger partial charge in [0, 0.05) is 6.04 Å². The number of hydrogen-bond acceptors (Lipinski definition) is 7. The van der Waals surface area contributed by atoms with Crippen molar-refractivity contribution < 1.29 is 27.5 Å². The van der Waals surface area contributed by atoms with Crippen molar-refractivity contribution in [2.45, 2.75) is 31.7 Å². The molecule has 3 aromatic rings. The van der Waals surface area contributed by atoms with Crippen LogP contribution in [0.3, 0.4) is 0 Å². The molecule has 0 fully saturated rings. The van der Waals surface area contributed by atoms with E-state index in [-0.39, 0.29) is 23.5 Å². The largest absolute Gasteiger partial charge is 0.497 e. The van der Waals surface area contributed by atoms with Crippen LogP contribution >= 0.6 is 0 Å². The van der Waals surface area contributed by atoms with Crippen molar-refractivity contribution in [1.82, 2.24) is 10.7 Å². The van der Waals surface area contributed by atoms with E-state index >= 15 is 0 Å². The Bertz CT molecular complexity index is 1390. The summed E-state index contributed by atoms with van der Waals surface area (Å²) in [7, 11) is -2.57. The molecule has 11 heteroatoms. The van der Waals surface area contributed by atoms with Crippen molar-refractivity contribution in [3.8, 4) is 11.5 Å². The van der Waals surface area contributed by atoms with Gasteiger partial charge in [0.05, 0.1) is 23.9 Å². The number of aryl methyl sites for hydroxylation is 1. The number of carbonyl (C=O) groups excluding carboxylic acids is 2. The van der Waals surface area contributed by atoms with Gasteiger partial charge in [-0.1, -0.05) is 17.7 Å². The van der Waals surface area contributed by atoms with Gasteiger partial charge < -0.3 is 14.8 Å². The zero-order chi connectivity index (χ0) is 28.4. The number of sulfonamides is 1. The van der Waals surface area contributed by atoms with Gasteiger partial charge in [-0.15, -0.1) is 0 Å². The molecule has 10 nitrogen and oxygen atoms in total. The fourth-order valence-corrected chi connectivity index (χ4v) is 4.83. The Kier molecular flexibility index (Phi) is 10.0. The number of hydrazone groups is 1. The average molecular weight is 553 g/mol. The highest BCUT2D eigenvalue weighted by molar-refractivity contribution is 7.92. The predicted molar refractivity (Wildman–Crippen MR) is 150 cm³/mol. The molecule has 0 heterocycles. The van der Waals surface area contributed by atoms with E-state index in [1.807, 2.05) is 20.8 Å². The van der Waals surface area contributed by atoms with Crippen LogP contribution in [0.25, 0.3) is 0 Å². The van der Waals surface area contributed by atoms with E-state index in [9.17, 15) is 18.0 Å². The molecule has 2 amide bonds. The van der Waals surface area contributed by atoms with Crippen molar-refractivity contribution in [2.24, 2.45) is 5.10 Å². The van der Waals surface area contributed by atoms with Gasteiger partial charge in [0.15, 0.2) is 6.61 Å². The highest BCUT2D eigenvalue weighted by Crippen LogP contribution is 2.25. The Morgan fingerprint density at radius 1 is 0.923 bits per heavy atom. The molecule has 0 spiro atoms. The Morgan fingerprint density at radius 3 is 2.13 bits per heavy atom. The maximum Gasteiger partial charge on any atom is 0.264 e. The lowest BCUT2D eigenvalue weighted by atomic mass is 10.2. The van der Waals surface area contributed by atoms with Crippen LogP contribution in [-0.4, -0.2) is 52.8 Å². The normalized spacial score (nSPS) is 11.3. The van der Waals surface area contributed by atoms with Gasteiger partial charge in [0.1, 0.15) is 18.0 Å². The van der Waals surface area contributed by atoms with Gasteiger partial charge in [-0.2, -0.15) is 5.10 Å². The smallest absolute Gasteiger partial charge is 0.264 e. The molecule has 0 radical (unpaired) electrons. The maximum atomic E-state index is 13.5. The van der Waals surface area contributed by atoms with Crippen LogP contribution in [0.2, 0.25) is 0 Å². The molecule has 0 aromatic heterocycles. The number of rotatable bonds is 12. The average Bonchev–Trinajstić information content (AvgIpc) is 2.91. The first-order valence-corrected chi connectivity index (χ1v) is 13.6. The van der Waals surface area contributed by atoms with E-state index in [0.717, 1.165) is 9.87 Å². The highest BCUT2D eigenvalue weighted by Gasteiger charge is 2.27. The summed E-state index contributed by atoms with van der Waals surface area (Å²) in [5.74, 6) is 0.179. The second-order valence-corrected chi connectivity index (χ2v) is 10.8. The minimum atomic E-state index is -4.06. The number of anilines is 1. The van der Waals surface area contributed by atoms with E-state index in [4.69, 9.17) is 9.47 Å². The van der Waals surface area contributed by atoms with E-state index < -0.39 is 22.5 Å². The fourth-order valence-electron chi connectivity index (χ4n) is 3.41. The molecule has 3 rings (SSSR count). The first-order valence-electron chi connectivity index (χ1n) is 12.2. The van der Waals surface area contributed by atoms with Crippen LogP contribution in [0.4, 0.5) is 5.69 Å². The van der Waals surface area contributed by atoms with Gasteiger partial charge >= 0.3 is 0 Å². The molecule has 0 aliphatic rings. The van der Waals surface area contributed by atoms with Gasteiger partial charge in [0.2, 0.25) is 0 Å². The van der Waals surface area contributed by atoms with Crippen LogP contribution < -0.4 is 24.5 Å². The third-order valence-corrected chi connectivity index (χ3v) is 7.15. The number of benzene rings is 3. The van der Waals surface area contributed by atoms with Crippen LogP contribution in [0.15, 0.2) is 82.8 Å². The maximum absolute atomic E-state index is 13.5. The molecule has 3 aromatic carbocycles. The molecule has 39 heavy (non-hydrogen) atoms. The van der Waals surface area contributed by atoms with E-state index in [2.05, 4.69) is 15.8 Å². The van der Waals surface area contributed by atoms with E-state index in [0.29, 0.717) is 22.7 Å². The Labute approximate surface area is 228 Å². The third kappa shape index (κ3) is 8.57. The number of nitrogens with zero attached hydrogens (tertiary/aromatic N) is 2. The standard InChI is InChI=1S/C28H32N4O6S/c1-20(2)30-28(34)19-38-25-11-7-22(8-12-25)17-29-31-27(33)18-32(23-9-5-21(3)6-10-23)39(35,36)26-15-13-24(37-4)14-16-26/h5-17,20H,18-19H2,1-4H3,(H,30,34)(H,31,33)/b29-17-.